The Hall–Kier alpha value is -5.64. The maximum atomic E-state index is 13.2. The van der Waals surface area contributed by atoms with E-state index in [0.717, 1.165) is 33.6 Å². The lowest BCUT2D eigenvalue weighted by molar-refractivity contribution is -0.152. The topological polar surface area (TPSA) is 112 Å². The Balaban J connectivity index is 0.000000146. The third-order valence-electron chi connectivity index (χ3n) is 12.5. The molecule has 2 amide bonds. The highest BCUT2D eigenvalue weighted by atomic mass is 16.6. The first-order valence-electron chi connectivity index (χ1n) is 19.4. The predicted octanol–water partition coefficient (Wildman–Crippen LogP) is 7.89. The lowest BCUT2D eigenvalue weighted by Gasteiger charge is -2.33. The molecule has 4 aliphatic heterocycles. The van der Waals surface area contributed by atoms with E-state index < -0.39 is 45.0 Å². The number of para-hydroxylation sites is 2. The molecule has 2 saturated heterocycles. The number of cyclic esters (lactones) is 2. The molecule has 0 radical (unpaired) electrons. The number of hydrogen-bond donors (Lipinski definition) is 0. The average molecular weight is 755 g/mol. The molecule has 2 spiro atoms. The molecule has 0 bridgehead atoms. The van der Waals surface area contributed by atoms with Crippen LogP contribution in [-0.2, 0) is 50.2 Å². The van der Waals surface area contributed by atoms with Crippen LogP contribution in [0.3, 0.4) is 0 Å². The first kappa shape index (κ1) is 36.0. The van der Waals surface area contributed by atoms with Crippen molar-refractivity contribution in [3.8, 4) is 0 Å². The summed E-state index contributed by atoms with van der Waals surface area (Å²) in [4.78, 5) is 56.3. The van der Waals surface area contributed by atoms with E-state index in [0.29, 0.717) is 26.1 Å². The number of ether oxygens (including phenoxy) is 4. The molecule has 4 fully saturated rings. The van der Waals surface area contributed by atoms with Crippen LogP contribution >= 0.6 is 0 Å². The van der Waals surface area contributed by atoms with E-state index in [1.165, 1.54) is 0 Å². The van der Waals surface area contributed by atoms with Crippen molar-refractivity contribution in [1.29, 1.82) is 0 Å². The quantitative estimate of drug-likeness (QED) is 0.150. The van der Waals surface area contributed by atoms with Crippen molar-refractivity contribution < 1.29 is 38.1 Å². The number of nitrogens with zero attached hydrogens (tertiary/aromatic N) is 2. The first-order chi connectivity index (χ1) is 26.7. The van der Waals surface area contributed by atoms with Gasteiger partial charge in [0.1, 0.15) is 22.0 Å². The van der Waals surface area contributed by atoms with E-state index in [2.05, 4.69) is 0 Å². The molecule has 4 aromatic carbocycles. The van der Waals surface area contributed by atoms with Gasteiger partial charge in [-0.15, -0.1) is 0 Å². The Labute approximate surface area is 326 Å². The highest BCUT2D eigenvalue weighted by Gasteiger charge is 2.90. The molecule has 2 saturated carbocycles. The van der Waals surface area contributed by atoms with Gasteiger partial charge in [0.25, 0.3) is 0 Å². The van der Waals surface area contributed by atoms with Crippen molar-refractivity contribution in [2.75, 3.05) is 23.0 Å². The fraction of sp³-hybridized carbons (Fsp3) is 0.391. The van der Waals surface area contributed by atoms with Gasteiger partial charge in [-0.05, 0) is 88.8 Å². The highest BCUT2D eigenvalue weighted by molar-refractivity contribution is 6.07. The minimum atomic E-state index is -0.877. The summed E-state index contributed by atoms with van der Waals surface area (Å²) in [6.07, 6.45) is 0.544. The molecule has 10 nitrogen and oxygen atoms in total. The second kappa shape index (κ2) is 11.9. The molecule has 6 aliphatic rings. The number of esters is 2. The minimum Gasteiger partial charge on any atom is -0.465 e. The molecule has 4 heterocycles. The number of amides is 2. The number of carbonyl (C=O) groups is 4. The van der Waals surface area contributed by atoms with Crippen molar-refractivity contribution in [3.63, 3.8) is 0 Å². The van der Waals surface area contributed by atoms with Crippen molar-refractivity contribution in [2.24, 2.45) is 0 Å². The average Bonchev–Trinajstić information content (AvgIpc) is 3.91. The molecule has 288 valence electrons. The second-order valence-electron chi connectivity index (χ2n) is 17.6. The van der Waals surface area contributed by atoms with Crippen LogP contribution in [0.5, 0.6) is 0 Å². The van der Waals surface area contributed by atoms with Gasteiger partial charge in [0, 0.05) is 10.8 Å². The maximum Gasteiger partial charge on any atom is 0.415 e. The first-order valence-corrected chi connectivity index (χ1v) is 19.4. The van der Waals surface area contributed by atoms with Gasteiger partial charge in [-0.3, -0.25) is 19.4 Å². The summed E-state index contributed by atoms with van der Waals surface area (Å²) < 4.78 is 22.6. The number of fused-ring (bicyclic) bond motifs is 4. The van der Waals surface area contributed by atoms with E-state index in [-0.39, 0.29) is 24.0 Å². The SMILES string of the molecule is CC(C)(C)OC(=O)N1c2ccccc2[C@@]23CCOC(=O)[C@]2(c2ccccc2)[C@@H]13.CC(C)(C)OC(=O)N1c2ccccc2[C@@]23CCOC(=O)[C@]2(c2ccccc2)[C@@H]13. The van der Waals surface area contributed by atoms with Gasteiger partial charge < -0.3 is 18.9 Å². The molecule has 0 unspecified atom stereocenters. The van der Waals surface area contributed by atoms with E-state index >= 15 is 0 Å². The number of hydrogen-bond acceptors (Lipinski definition) is 8. The van der Waals surface area contributed by atoms with E-state index in [1.807, 2.05) is 151 Å². The lowest BCUT2D eigenvalue weighted by atomic mass is 9.77. The minimum absolute atomic E-state index is 0.252. The third-order valence-corrected chi connectivity index (χ3v) is 12.5. The molecular formula is C46H46N2O8. The van der Waals surface area contributed by atoms with Crippen molar-refractivity contribution in [2.45, 2.75) is 99.3 Å². The standard InChI is InChI=1S/2C23H23NO4/c2*1-21(2,3)28-20(26)24-17-12-8-7-11-16(17)22-13-14-27-19(25)23(22,18(22)24)15-9-5-4-6-10-15/h2*4-12,18H,13-14H2,1-3H3/t2*18-,22+,23-/m00/s1. The molecule has 4 aromatic rings. The fourth-order valence-electron chi connectivity index (χ4n) is 10.8. The number of anilines is 2. The maximum absolute atomic E-state index is 13.2. The van der Waals surface area contributed by atoms with Crippen LogP contribution in [0, 0.1) is 0 Å². The van der Waals surface area contributed by atoms with E-state index in [1.54, 1.807) is 9.80 Å². The van der Waals surface area contributed by atoms with Crippen molar-refractivity contribution in [3.05, 3.63) is 131 Å². The van der Waals surface area contributed by atoms with Gasteiger partial charge in [0.2, 0.25) is 0 Å². The second-order valence-corrected chi connectivity index (χ2v) is 17.6. The van der Waals surface area contributed by atoms with Crippen LogP contribution in [0.2, 0.25) is 0 Å². The summed E-state index contributed by atoms with van der Waals surface area (Å²) in [5, 5.41) is 0. The Kier molecular flexibility index (Phi) is 7.68. The zero-order valence-corrected chi connectivity index (χ0v) is 32.5. The van der Waals surface area contributed by atoms with Crippen LogP contribution in [0.1, 0.15) is 76.6 Å². The smallest absolute Gasteiger partial charge is 0.415 e. The normalized spacial score (nSPS) is 30.0. The van der Waals surface area contributed by atoms with Crippen LogP contribution in [0.15, 0.2) is 109 Å². The molecule has 2 aliphatic carbocycles. The van der Waals surface area contributed by atoms with Gasteiger partial charge in [0.05, 0.1) is 36.7 Å². The Morgan fingerprint density at radius 2 is 0.893 bits per heavy atom. The molecule has 10 rings (SSSR count). The molecule has 6 atom stereocenters. The van der Waals surface area contributed by atoms with Gasteiger partial charge >= 0.3 is 24.1 Å². The van der Waals surface area contributed by atoms with E-state index in [4.69, 9.17) is 18.9 Å². The van der Waals surface area contributed by atoms with Crippen molar-refractivity contribution in [1.82, 2.24) is 0 Å². The Morgan fingerprint density at radius 1 is 0.554 bits per heavy atom. The summed E-state index contributed by atoms with van der Waals surface area (Å²) in [6.45, 7) is 11.8. The Bertz CT molecular complexity index is 2120. The summed E-state index contributed by atoms with van der Waals surface area (Å²) in [6, 6.07) is 34.5. The fourth-order valence-corrected chi connectivity index (χ4v) is 10.8. The lowest BCUT2D eigenvalue weighted by Crippen LogP contribution is -2.44. The van der Waals surface area contributed by atoms with Crippen LogP contribution in [0.25, 0.3) is 0 Å². The summed E-state index contributed by atoms with van der Waals surface area (Å²) >= 11 is 0. The van der Waals surface area contributed by atoms with Crippen LogP contribution in [0.4, 0.5) is 21.0 Å². The molecular weight excluding hydrogens is 709 g/mol. The summed E-state index contributed by atoms with van der Waals surface area (Å²) in [5.41, 5.74) is 1.61. The van der Waals surface area contributed by atoms with Crippen LogP contribution in [-0.4, -0.2) is 60.6 Å². The summed E-state index contributed by atoms with van der Waals surface area (Å²) in [7, 11) is 0. The zero-order valence-electron chi connectivity index (χ0n) is 32.5. The predicted molar refractivity (Wildman–Crippen MR) is 209 cm³/mol. The number of carbonyl (C=O) groups excluding carboxylic acids is 4. The highest BCUT2D eigenvalue weighted by Crippen LogP contribution is 2.77. The van der Waals surface area contributed by atoms with Gasteiger partial charge in [-0.2, -0.15) is 0 Å². The molecule has 0 N–H and O–H groups in total. The number of benzene rings is 4. The summed E-state index contributed by atoms with van der Waals surface area (Å²) in [5.74, 6) is -0.504. The molecule has 10 heteroatoms. The zero-order chi connectivity index (χ0) is 39.5. The largest absolute Gasteiger partial charge is 0.465 e. The molecule has 56 heavy (non-hydrogen) atoms. The molecule has 0 aromatic heterocycles. The third kappa shape index (κ3) is 4.55. The number of rotatable bonds is 2. The van der Waals surface area contributed by atoms with Crippen molar-refractivity contribution >= 4 is 35.5 Å². The Morgan fingerprint density at radius 3 is 1.25 bits per heavy atom. The van der Waals surface area contributed by atoms with Crippen LogP contribution < -0.4 is 9.80 Å². The van der Waals surface area contributed by atoms with Gasteiger partial charge in [-0.1, -0.05) is 97.1 Å². The monoisotopic (exact) mass is 754 g/mol. The van der Waals surface area contributed by atoms with Gasteiger partial charge in [0.15, 0.2) is 0 Å². The van der Waals surface area contributed by atoms with E-state index in [9.17, 15) is 19.2 Å². The van der Waals surface area contributed by atoms with Gasteiger partial charge in [-0.25, -0.2) is 9.59 Å².